The maximum absolute atomic E-state index is 14.5. The molecule has 5 heteroatoms. The summed E-state index contributed by atoms with van der Waals surface area (Å²) in [4.78, 5) is 13.4. The second kappa shape index (κ2) is 4.12. The summed E-state index contributed by atoms with van der Waals surface area (Å²) in [7, 11) is 0. The molecule has 17 heavy (non-hydrogen) atoms. The van der Waals surface area contributed by atoms with Crippen LogP contribution in [0.3, 0.4) is 0 Å². The molecule has 1 N–H and O–H groups in total. The van der Waals surface area contributed by atoms with Crippen molar-refractivity contribution in [1.82, 2.24) is 10.2 Å². The quantitative estimate of drug-likeness (QED) is 0.705. The maximum atomic E-state index is 14.5. The van der Waals surface area contributed by atoms with Crippen LogP contribution in [0, 0.1) is 0 Å². The number of amides is 1. The monoisotopic (exact) mass is 244 g/mol. The lowest BCUT2D eigenvalue weighted by molar-refractivity contribution is -0.00774. The van der Waals surface area contributed by atoms with E-state index in [0.717, 1.165) is 0 Å². The third kappa shape index (κ3) is 2.70. The van der Waals surface area contributed by atoms with Gasteiger partial charge in [-0.2, -0.15) is 0 Å². The molecule has 0 aromatic carbocycles. The lowest BCUT2D eigenvalue weighted by Crippen LogP contribution is -2.56. The summed E-state index contributed by atoms with van der Waals surface area (Å²) >= 11 is 0. The van der Waals surface area contributed by atoms with Gasteiger partial charge in [0.1, 0.15) is 11.3 Å². The number of hydrogen-bond donors (Lipinski definition) is 1. The van der Waals surface area contributed by atoms with Crippen LogP contribution in [0.1, 0.15) is 33.6 Å². The van der Waals surface area contributed by atoms with Crippen LogP contribution in [-0.4, -0.2) is 47.9 Å². The van der Waals surface area contributed by atoms with Crippen LogP contribution >= 0.6 is 0 Å². The third-order valence-electron chi connectivity index (χ3n) is 3.35. The van der Waals surface area contributed by atoms with E-state index >= 15 is 0 Å². The highest BCUT2D eigenvalue weighted by Gasteiger charge is 2.48. The van der Waals surface area contributed by atoms with E-state index in [1.54, 1.807) is 0 Å². The minimum Gasteiger partial charge on any atom is -0.444 e. The number of nitrogens with zero attached hydrogens (tertiary/aromatic N) is 1. The molecule has 2 aliphatic rings. The molecule has 2 rings (SSSR count). The zero-order chi connectivity index (χ0) is 12.7. The summed E-state index contributed by atoms with van der Waals surface area (Å²) < 4.78 is 19.8. The summed E-state index contributed by atoms with van der Waals surface area (Å²) in [6.07, 6.45) is 0.743. The van der Waals surface area contributed by atoms with Crippen molar-refractivity contribution < 1.29 is 13.9 Å². The molecule has 0 spiro atoms. The lowest BCUT2D eigenvalue weighted by atomic mass is 9.90. The Morgan fingerprint density at radius 3 is 2.88 bits per heavy atom. The van der Waals surface area contributed by atoms with Gasteiger partial charge in [-0.3, -0.25) is 0 Å². The maximum Gasteiger partial charge on any atom is 0.410 e. The number of fused-ring (bicyclic) bond motifs is 1. The molecule has 98 valence electrons. The van der Waals surface area contributed by atoms with Gasteiger partial charge in [0.05, 0.1) is 6.54 Å². The Hall–Kier alpha value is -0.840. The summed E-state index contributed by atoms with van der Waals surface area (Å²) in [5.74, 6) is 0. The van der Waals surface area contributed by atoms with Crippen LogP contribution in [0.25, 0.3) is 0 Å². The van der Waals surface area contributed by atoms with Crippen LogP contribution in [0.4, 0.5) is 9.18 Å². The van der Waals surface area contributed by atoms with Gasteiger partial charge >= 0.3 is 6.09 Å². The number of likely N-dealkylation sites (tertiary alicyclic amines) is 1. The van der Waals surface area contributed by atoms with Crippen molar-refractivity contribution >= 4 is 6.09 Å². The van der Waals surface area contributed by atoms with E-state index < -0.39 is 17.4 Å². The van der Waals surface area contributed by atoms with Crippen molar-refractivity contribution in [2.75, 3.05) is 19.6 Å². The number of alkyl halides is 1. The summed E-state index contributed by atoms with van der Waals surface area (Å²) in [6.45, 7) is 6.88. The van der Waals surface area contributed by atoms with E-state index in [-0.39, 0.29) is 12.6 Å². The largest absolute Gasteiger partial charge is 0.444 e. The van der Waals surface area contributed by atoms with Crippen LogP contribution in [-0.2, 0) is 4.74 Å². The van der Waals surface area contributed by atoms with E-state index in [1.807, 2.05) is 20.8 Å². The van der Waals surface area contributed by atoms with Gasteiger partial charge in [0.25, 0.3) is 0 Å². The average Bonchev–Trinajstić information content (AvgIpc) is 2.55. The molecule has 2 unspecified atom stereocenters. The highest BCUT2D eigenvalue weighted by atomic mass is 19.1. The summed E-state index contributed by atoms with van der Waals surface area (Å²) in [6, 6.07) is -0.0961. The summed E-state index contributed by atoms with van der Waals surface area (Å²) in [5.41, 5.74) is -1.79. The average molecular weight is 244 g/mol. The van der Waals surface area contributed by atoms with Crippen molar-refractivity contribution in [2.24, 2.45) is 0 Å². The second-order valence-electron chi connectivity index (χ2n) is 5.98. The van der Waals surface area contributed by atoms with Crippen LogP contribution in [0.2, 0.25) is 0 Å². The molecule has 0 aromatic heterocycles. The number of carbonyl (C=O) groups is 1. The molecule has 1 amide bonds. The van der Waals surface area contributed by atoms with Gasteiger partial charge in [-0.25, -0.2) is 9.18 Å². The Labute approximate surface area is 101 Å². The Morgan fingerprint density at radius 2 is 2.24 bits per heavy atom. The van der Waals surface area contributed by atoms with E-state index in [1.165, 1.54) is 4.90 Å². The number of hydrogen-bond acceptors (Lipinski definition) is 3. The molecule has 0 radical (unpaired) electrons. The van der Waals surface area contributed by atoms with Gasteiger partial charge in [-0.05, 0) is 40.2 Å². The number of ether oxygens (including phenoxy) is 1. The van der Waals surface area contributed by atoms with Gasteiger partial charge in [0, 0.05) is 12.6 Å². The van der Waals surface area contributed by atoms with E-state index in [0.29, 0.717) is 25.9 Å². The smallest absolute Gasteiger partial charge is 0.410 e. The normalized spacial score (nSPS) is 33.4. The van der Waals surface area contributed by atoms with Crippen molar-refractivity contribution in [3.05, 3.63) is 0 Å². The fraction of sp³-hybridized carbons (Fsp3) is 0.917. The molecule has 0 aromatic rings. The zero-order valence-corrected chi connectivity index (χ0v) is 10.8. The second-order valence-corrected chi connectivity index (χ2v) is 5.98. The predicted molar refractivity (Wildman–Crippen MR) is 62.7 cm³/mol. The molecular formula is C12H21FN2O2. The Morgan fingerprint density at radius 1 is 1.53 bits per heavy atom. The molecule has 0 saturated carbocycles. The van der Waals surface area contributed by atoms with Crippen molar-refractivity contribution in [1.29, 1.82) is 0 Å². The van der Waals surface area contributed by atoms with E-state index in [9.17, 15) is 9.18 Å². The van der Waals surface area contributed by atoms with Crippen molar-refractivity contribution in [3.63, 3.8) is 0 Å². The van der Waals surface area contributed by atoms with Crippen LogP contribution in [0.5, 0.6) is 0 Å². The Balaban J connectivity index is 1.98. The number of nitrogens with one attached hydrogen (secondary N) is 1. The minimum atomic E-state index is -1.27. The fourth-order valence-corrected chi connectivity index (χ4v) is 2.52. The first-order valence-corrected chi connectivity index (χ1v) is 6.20. The molecule has 2 aliphatic heterocycles. The minimum absolute atomic E-state index is 0.0961. The summed E-state index contributed by atoms with van der Waals surface area (Å²) in [5, 5.41) is 3.15. The molecule has 2 saturated heterocycles. The number of rotatable bonds is 0. The predicted octanol–water partition coefficient (Wildman–Crippen LogP) is 1.70. The van der Waals surface area contributed by atoms with Gasteiger partial charge in [-0.1, -0.05) is 0 Å². The molecule has 2 fully saturated rings. The number of carbonyl (C=O) groups excluding carboxylic acids is 1. The molecule has 4 nitrogen and oxygen atoms in total. The number of piperidine rings is 1. The highest BCUT2D eigenvalue weighted by Crippen LogP contribution is 2.33. The van der Waals surface area contributed by atoms with Gasteiger partial charge in [0.15, 0.2) is 0 Å². The molecule has 2 atom stereocenters. The topological polar surface area (TPSA) is 41.6 Å². The fourth-order valence-electron chi connectivity index (χ4n) is 2.52. The first-order valence-electron chi connectivity index (χ1n) is 6.20. The molecule has 0 bridgehead atoms. The van der Waals surface area contributed by atoms with Crippen LogP contribution < -0.4 is 5.32 Å². The zero-order valence-electron chi connectivity index (χ0n) is 10.8. The SMILES string of the molecule is CC(C)(C)OC(=O)N1CCC2NCCC2(F)C1. The third-order valence-corrected chi connectivity index (χ3v) is 3.35. The van der Waals surface area contributed by atoms with E-state index in [4.69, 9.17) is 4.74 Å². The van der Waals surface area contributed by atoms with Gasteiger partial charge in [-0.15, -0.1) is 0 Å². The molecular weight excluding hydrogens is 223 g/mol. The number of halogens is 1. The molecule has 0 aliphatic carbocycles. The van der Waals surface area contributed by atoms with Gasteiger partial charge < -0.3 is 15.0 Å². The van der Waals surface area contributed by atoms with Crippen molar-refractivity contribution in [2.45, 2.75) is 50.9 Å². The van der Waals surface area contributed by atoms with E-state index in [2.05, 4.69) is 5.32 Å². The van der Waals surface area contributed by atoms with Crippen LogP contribution in [0.15, 0.2) is 0 Å². The first-order chi connectivity index (χ1) is 7.80. The molecule has 2 heterocycles. The van der Waals surface area contributed by atoms with Gasteiger partial charge in [0.2, 0.25) is 0 Å². The highest BCUT2D eigenvalue weighted by molar-refractivity contribution is 5.68. The standard InChI is InChI=1S/C12H21FN2O2/c1-11(2,3)17-10(16)15-7-4-9-12(13,8-15)5-6-14-9/h9,14H,4-8H2,1-3H3. The Kier molecular flexibility index (Phi) is 3.06. The van der Waals surface area contributed by atoms with Crippen molar-refractivity contribution in [3.8, 4) is 0 Å². The first kappa shape index (κ1) is 12.6. The lowest BCUT2D eigenvalue weighted by Gasteiger charge is -2.39. The Bertz CT molecular complexity index is 316.